The van der Waals surface area contributed by atoms with Crippen LogP contribution >= 0.6 is 0 Å². The third-order valence-corrected chi connectivity index (χ3v) is 8.93. The maximum atomic E-state index is 6.48. The monoisotopic (exact) mass is 452 g/mol. The van der Waals surface area contributed by atoms with Gasteiger partial charge in [0.2, 0.25) is 11.2 Å². The molecular formula is C30H34NOSi+. The molecule has 0 saturated carbocycles. The van der Waals surface area contributed by atoms with Gasteiger partial charge in [0.15, 0.2) is 0 Å². The minimum absolute atomic E-state index is 0.591. The first-order valence-corrected chi connectivity index (χ1v) is 15.5. The number of rotatable bonds is 4. The van der Waals surface area contributed by atoms with Crippen molar-refractivity contribution in [2.75, 3.05) is 0 Å². The lowest BCUT2D eigenvalue weighted by molar-refractivity contribution is -0.633. The molecule has 0 radical (unpaired) electrons. The summed E-state index contributed by atoms with van der Waals surface area (Å²) in [5.41, 5.74) is 8.35. The fraction of sp³-hybridized carbons (Fsp3) is 0.300. The van der Waals surface area contributed by atoms with Crippen LogP contribution in [0.25, 0.3) is 44.1 Å². The molecule has 2 heterocycles. The number of hydrogen-bond acceptors (Lipinski definition) is 1. The molecule has 0 aliphatic carbocycles. The average molecular weight is 453 g/mol. The van der Waals surface area contributed by atoms with Gasteiger partial charge < -0.3 is 4.42 Å². The van der Waals surface area contributed by atoms with Crippen molar-refractivity contribution in [1.29, 1.82) is 0 Å². The standard InChI is InChI=1S/C30H34NOSi/c1-19(2)16-21-17-27(31(4)26-18-22(33(5,6)7)13-15-23(21)26)29-20(3)12-14-25-24-10-8-9-11-28(24)32-30(25)29/h8-15,17-19H,16H2,1-7H3/q+1. The molecule has 0 atom stereocenters. The van der Waals surface area contributed by atoms with Crippen molar-refractivity contribution < 1.29 is 8.98 Å². The van der Waals surface area contributed by atoms with Gasteiger partial charge in [0.1, 0.15) is 18.2 Å². The minimum Gasteiger partial charge on any atom is -0.455 e. The van der Waals surface area contributed by atoms with E-state index in [-0.39, 0.29) is 0 Å². The van der Waals surface area contributed by atoms with Crippen molar-refractivity contribution in [1.82, 2.24) is 0 Å². The van der Waals surface area contributed by atoms with Crippen molar-refractivity contribution in [2.24, 2.45) is 13.0 Å². The molecule has 5 rings (SSSR count). The molecular weight excluding hydrogens is 418 g/mol. The molecule has 33 heavy (non-hydrogen) atoms. The number of aryl methyl sites for hydroxylation is 2. The summed E-state index contributed by atoms with van der Waals surface area (Å²) in [6.45, 7) is 14.1. The topological polar surface area (TPSA) is 17.0 Å². The molecule has 2 aromatic heterocycles. The molecule has 0 bridgehead atoms. The fourth-order valence-electron chi connectivity index (χ4n) is 5.07. The van der Waals surface area contributed by atoms with Crippen LogP contribution in [-0.2, 0) is 13.5 Å². The lowest BCUT2D eigenvalue weighted by atomic mass is 9.94. The van der Waals surface area contributed by atoms with Gasteiger partial charge in [-0.1, -0.05) is 75.1 Å². The summed E-state index contributed by atoms with van der Waals surface area (Å²) in [7, 11) is 0.786. The van der Waals surface area contributed by atoms with Gasteiger partial charge in [-0.05, 0) is 42.5 Å². The van der Waals surface area contributed by atoms with Gasteiger partial charge in [-0.25, -0.2) is 0 Å². The Morgan fingerprint density at radius 1 is 0.879 bits per heavy atom. The number of benzene rings is 3. The summed E-state index contributed by atoms with van der Waals surface area (Å²) >= 11 is 0. The zero-order chi connectivity index (χ0) is 23.5. The van der Waals surface area contributed by atoms with E-state index in [1.54, 1.807) is 0 Å². The summed E-state index contributed by atoms with van der Waals surface area (Å²) in [6.07, 6.45) is 1.06. The second-order valence-electron chi connectivity index (χ2n) is 10.9. The minimum atomic E-state index is -1.43. The predicted molar refractivity (Wildman–Crippen MR) is 144 cm³/mol. The van der Waals surface area contributed by atoms with Crippen LogP contribution in [0.15, 0.2) is 65.1 Å². The molecule has 2 nitrogen and oxygen atoms in total. The van der Waals surface area contributed by atoms with Crippen LogP contribution in [0.2, 0.25) is 19.6 Å². The normalized spacial score (nSPS) is 12.5. The van der Waals surface area contributed by atoms with Crippen molar-refractivity contribution in [3.8, 4) is 11.3 Å². The highest BCUT2D eigenvalue weighted by Gasteiger charge is 2.26. The summed E-state index contributed by atoms with van der Waals surface area (Å²) in [6, 6.07) is 22.4. The summed E-state index contributed by atoms with van der Waals surface area (Å²) in [4.78, 5) is 0. The van der Waals surface area contributed by atoms with Gasteiger partial charge in [-0.2, -0.15) is 4.57 Å². The third kappa shape index (κ3) is 3.69. The quantitative estimate of drug-likeness (QED) is 0.207. The Kier molecular flexibility index (Phi) is 5.21. The average Bonchev–Trinajstić information content (AvgIpc) is 3.13. The molecule has 0 aliphatic heterocycles. The molecule has 0 amide bonds. The Labute approximate surface area is 197 Å². The van der Waals surface area contributed by atoms with E-state index in [0.717, 1.165) is 17.6 Å². The van der Waals surface area contributed by atoms with E-state index in [1.165, 1.54) is 49.2 Å². The summed E-state index contributed by atoms with van der Waals surface area (Å²) in [5.74, 6) is 0.591. The highest BCUT2D eigenvalue weighted by Crippen LogP contribution is 2.37. The van der Waals surface area contributed by atoms with Gasteiger partial charge in [0.05, 0.1) is 13.6 Å². The maximum absolute atomic E-state index is 6.48. The Bertz CT molecular complexity index is 1520. The zero-order valence-electron chi connectivity index (χ0n) is 20.9. The largest absolute Gasteiger partial charge is 0.455 e. The Morgan fingerprint density at radius 3 is 2.33 bits per heavy atom. The van der Waals surface area contributed by atoms with Crippen LogP contribution < -0.4 is 9.75 Å². The van der Waals surface area contributed by atoms with E-state index >= 15 is 0 Å². The first kappa shape index (κ1) is 21.9. The molecule has 5 aromatic rings. The summed E-state index contributed by atoms with van der Waals surface area (Å²) in [5, 5.41) is 5.23. The second-order valence-corrected chi connectivity index (χ2v) is 16.0. The van der Waals surface area contributed by atoms with Crippen LogP contribution in [0, 0.1) is 12.8 Å². The molecule has 0 aliphatic rings. The summed E-state index contributed by atoms with van der Waals surface area (Å²) < 4.78 is 8.87. The SMILES string of the molecule is Cc1ccc2c(oc3ccccc32)c1-c1cc(CC(C)C)c2ccc([Si](C)(C)C)cc2[n+]1C. The van der Waals surface area contributed by atoms with Crippen LogP contribution in [0.3, 0.4) is 0 Å². The number of pyridine rings is 1. The number of aromatic nitrogens is 1. The number of nitrogens with zero attached hydrogens (tertiary/aromatic N) is 1. The number of hydrogen-bond donors (Lipinski definition) is 0. The maximum Gasteiger partial charge on any atom is 0.217 e. The van der Waals surface area contributed by atoms with Crippen molar-refractivity contribution in [2.45, 2.75) is 46.8 Å². The van der Waals surface area contributed by atoms with Gasteiger partial charge in [0, 0.05) is 28.3 Å². The first-order chi connectivity index (χ1) is 15.6. The van der Waals surface area contributed by atoms with Crippen LogP contribution in [0.5, 0.6) is 0 Å². The number of fused-ring (bicyclic) bond motifs is 4. The molecule has 0 saturated heterocycles. The van der Waals surface area contributed by atoms with Gasteiger partial charge in [-0.3, -0.25) is 0 Å². The van der Waals surface area contributed by atoms with E-state index in [0.29, 0.717) is 5.92 Å². The second kappa shape index (κ2) is 7.84. The lowest BCUT2D eigenvalue weighted by Gasteiger charge is -2.18. The van der Waals surface area contributed by atoms with Gasteiger partial charge >= 0.3 is 0 Å². The fourth-order valence-corrected chi connectivity index (χ4v) is 6.22. The van der Waals surface area contributed by atoms with Crippen LogP contribution in [0.1, 0.15) is 25.0 Å². The molecule has 0 spiro atoms. The number of para-hydroxylation sites is 1. The van der Waals surface area contributed by atoms with E-state index < -0.39 is 8.07 Å². The van der Waals surface area contributed by atoms with E-state index in [1.807, 2.05) is 6.07 Å². The first-order valence-electron chi connectivity index (χ1n) is 12.0. The van der Waals surface area contributed by atoms with E-state index in [9.17, 15) is 0 Å². The van der Waals surface area contributed by atoms with Crippen LogP contribution in [-0.4, -0.2) is 8.07 Å². The van der Waals surface area contributed by atoms with Gasteiger partial charge in [-0.15, -0.1) is 0 Å². The highest BCUT2D eigenvalue weighted by atomic mass is 28.3. The molecule has 0 fully saturated rings. The van der Waals surface area contributed by atoms with E-state index in [2.05, 4.69) is 107 Å². The smallest absolute Gasteiger partial charge is 0.217 e. The van der Waals surface area contributed by atoms with Gasteiger partial charge in [0.25, 0.3) is 0 Å². The molecule has 0 unspecified atom stereocenters. The van der Waals surface area contributed by atoms with Crippen molar-refractivity contribution in [3.05, 3.63) is 71.8 Å². The van der Waals surface area contributed by atoms with Crippen molar-refractivity contribution >= 4 is 46.1 Å². The predicted octanol–water partition coefficient (Wildman–Crippen LogP) is 7.28. The lowest BCUT2D eigenvalue weighted by Crippen LogP contribution is -2.40. The molecule has 168 valence electrons. The Balaban J connectivity index is 1.89. The zero-order valence-corrected chi connectivity index (χ0v) is 21.9. The molecule has 3 aromatic carbocycles. The molecule has 0 N–H and O–H groups in total. The Hall–Kier alpha value is -2.91. The number of furan rings is 1. The van der Waals surface area contributed by atoms with Crippen molar-refractivity contribution in [3.63, 3.8) is 0 Å². The molecule has 3 heteroatoms. The highest BCUT2D eigenvalue weighted by molar-refractivity contribution is 6.88. The van der Waals surface area contributed by atoms with E-state index in [4.69, 9.17) is 4.42 Å². The Morgan fingerprint density at radius 2 is 1.61 bits per heavy atom. The van der Waals surface area contributed by atoms with Crippen LogP contribution in [0.4, 0.5) is 0 Å². The third-order valence-electron chi connectivity index (χ3n) is 6.88.